The van der Waals surface area contributed by atoms with Gasteiger partial charge >= 0.3 is 0 Å². The number of nitrogens with zero attached hydrogens (tertiary/aromatic N) is 2. The summed E-state index contributed by atoms with van der Waals surface area (Å²) < 4.78 is 5.31. The molecule has 0 amide bonds. The van der Waals surface area contributed by atoms with Gasteiger partial charge in [-0.2, -0.15) is 0 Å². The van der Waals surface area contributed by atoms with E-state index in [0.29, 0.717) is 0 Å². The topological polar surface area (TPSA) is 27.7 Å². The predicted octanol–water partition coefficient (Wildman–Crippen LogP) is 2.33. The van der Waals surface area contributed by atoms with Gasteiger partial charge in [0.15, 0.2) is 0 Å². The van der Waals surface area contributed by atoms with Crippen LogP contribution in [-0.4, -0.2) is 62.2 Å². The van der Waals surface area contributed by atoms with Crippen molar-refractivity contribution in [3.05, 3.63) is 42.0 Å². The quantitative estimate of drug-likeness (QED) is 0.934. The van der Waals surface area contributed by atoms with E-state index in [4.69, 9.17) is 4.74 Å². The van der Waals surface area contributed by atoms with E-state index >= 15 is 0 Å². The molecule has 2 aromatic rings. The molecule has 2 fully saturated rings. The van der Waals surface area contributed by atoms with Gasteiger partial charge in [0, 0.05) is 45.3 Å². The average molecular weight is 325 g/mol. The van der Waals surface area contributed by atoms with Gasteiger partial charge in [0.1, 0.15) is 5.75 Å². The van der Waals surface area contributed by atoms with Crippen LogP contribution in [0.4, 0.5) is 0 Å². The molecule has 0 aliphatic carbocycles. The molecule has 0 spiro atoms. The van der Waals surface area contributed by atoms with Crippen molar-refractivity contribution in [3.63, 3.8) is 0 Å². The van der Waals surface area contributed by atoms with Gasteiger partial charge < -0.3 is 10.1 Å². The highest BCUT2D eigenvalue weighted by molar-refractivity contribution is 5.84. The van der Waals surface area contributed by atoms with Crippen LogP contribution in [0.25, 0.3) is 10.8 Å². The first kappa shape index (κ1) is 15.9. The normalized spacial score (nSPS) is 23.0. The van der Waals surface area contributed by atoms with E-state index in [1.54, 1.807) is 7.11 Å². The second-order valence-corrected chi connectivity index (χ2v) is 7.01. The van der Waals surface area contributed by atoms with Gasteiger partial charge in [-0.1, -0.05) is 18.2 Å². The zero-order valence-corrected chi connectivity index (χ0v) is 14.5. The van der Waals surface area contributed by atoms with Crippen LogP contribution in [-0.2, 0) is 6.54 Å². The third kappa shape index (κ3) is 3.41. The molecule has 0 aromatic heterocycles. The standard InChI is InChI=1S/C20H27N3O/c1-24-20-5-4-17-12-16(2-3-18(17)13-20)15-22-8-10-23(11-9-22)19-6-7-21-14-19/h2-5,12-13,19,21H,6-11,14-15H2,1H3/t19-/m0/s1. The molecule has 0 saturated carbocycles. The third-order valence-corrected chi connectivity index (χ3v) is 5.48. The molecule has 1 atom stereocenters. The van der Waals surface area contributed by atoms with Gasteiger partial charge in [-0.25, -0.2) is 0 Å². The Kier molecular flexibility index (Phi) is 4.69. The molecule has 24 heavy (non-hydrogen) atoms. The van der Waals surface area contributed by atoms with Gasteiger partial charge in [-0.15, -0.1) is 0 Å². The average Bonchev–Trinajstić information content (AvgIpc) is 3.16. The van der Waals surface area contributed by atoms with E-state index in [1.165, 1.54) is 62.0 Å². The summed E-state index contributed by atoms with van der Waals surface area (Å²) in [4.78, 5) is 5.26. The molecule has 128 valence electrons. The maximum Gasteiger partial charge on any atom is 0.119 e. The van der Waals surface area contributed by atoms with Crippen molar-refractivity contribution < 1.29 is 4.74 Å². The number of methoxy groups -OCH3 is 1. The number of piperazine rings is 1. The van der Waals surface area contributed by atoms with Gasteiger partial charge in [0.25, 0.3) is 0 Å². The first-order chi connectivity index (χ1) is 11.8. The number of hydrogen-bond donors (Lipinski definition) is 1. The Morgan fingerprint density at radius 3 is 2.58 bits per heavy atom. The van der Waals surface area contributed by atoms with Crippen molar-refractivity contribution in [3.8, 4) is 5.75 Å². The molecule has 0 bridgehead atoms. The molecule has 2 heterocycles. The Balaban J connectivity index is 1.38. The Bertz CT molecular complexity index is 688. The summed E-state index contributed by atoms with van der Waals surface area (Å²) in [5.41, 5.74) is 1.41. The Morgan fingerprint density at radius 1 is 1.04 bits per heavy atom. The minimum absolute atomic E-state index is 0.766. The van der Waals surface area contributed by atoms with Crippen LogP contribution >= 0.6 is 0 Å². The summed E-state index contributed by atoms with van der Waals surface area (Å²) in [6.45, 7) is 8.18. The van der Waals surface area contributed by atoms with E-state index in [2.05, 4.69) is 45.4 Å². The molecule has 0 unspecified atom stereocenters. The number of hydrogen-bond acceptors (Lipinski definition) is 4. The number of rotatable bonds is 4. The maximum atomic E-state index is 5.31. The van der Waals surface area contributed by atoms with E-state index in [9.17, 15) is 0 Å². The molecule has 2 aliphatic heterocycles. The van der Waals surface area contributed by atoms with Gasteiger partial charge in [0.05, 0.1) is 7.11 Å². The van der Waals surface area contributed by atoms with Gasteiger partial charge in [-0.3, -0.25) is 9.80 Å². The van der Waals surface area contributed by atoms with Crippen molar-refractivity contribution >= 4 is 10.8 Å². The van der Waals surface area contributed by atoms with Crippen LogP contribution in [0.5, 0.6) is 5.75 Å². The zero-order chi connectivity index (χ0) is 16.4. The van der Waals surface area contributed by atoms with Crippen molar-refractivity contribution in [1.82, 2.24) is 15.1 Å². The highest BCUT2D eigenvalue weighted by Crippen LogP contribution is 2.23. The van der Waals surface area contributed by atoms with E-state index in [0.717, 1.165) is 18.3 Å². The van der Waals surface area contributed by atoms with E-state index in [-0.39, 0.29) is 0 Å². The second kappa shape index (κ2) is 7.09. The summed E-state index contributed by atoms with van der Waals surface area (Å²) in [7, 11) is 1.72. The number of nitrogens with one attached hydrogen (secondary N) is 1. The predicted molar refractivity (Wildman–Crippen MR) is 98.6 cm³/mol. The van der Waals surface area contributed by atoms with Crippen LogP contribution in [0.3, 0.4) is 0 Å². The molecule has 1 N–H and O–H groups in total. The molecule has 2 saturated heterocycles. The third-order valence-electron chi connectivity index (χ3n) is 5.48. The van der Waals surface area contributed by atoms with Crippen LogP contribution in [0.15, 0.2) is 36.4 Å². The van der Waals surface area contributed by atoms with Crippen molar-refractivity contribution in [2.45, 2.75) is 19.0 Å². The first-order valence-corrected chi connectivity index (χ1v) is 9.05. The number of fused-ring (bicyclic) bond motifs is 1. The highest BCUT2D eigenvalue weighted by Gasteiger charge is 2.25. The van der Waals surface area contributed by atoms with Crippen LogP contribution in [0.2, 0.25) is 0 Å². The molecular formula is C20H27N3O. The lowest BCUT2D eigenvalue weighted by Crippen LogP contribution is -2.50. The van der Waals surface area contributed by atoms with Crippen LogP contribution in [0.1, 0.15) is 12.0 Å². The first-order valence-electron chi connectivity index (χ1n) is 9.05. The molecule has 2 aromatic carbocycles. The Morgan fingerprint density at radius 2 is 1.83 bits per heavy atom. The minimum atomic E-state index is 0.766. The fraction of sp³-hybridized carbons (Fsp3) is 0.500. The summed E-state index contributed by atoms with van der Waals surface area (Å²) in [5.74, 6) is 0.924. The maximum absolute atomic E-state index is 5.31. The summed E-state index contributed by atoms with van der Waals surface area (Å²) in [6, 6.07) is 13.9. The summed E-state index contributed by atoms with van der Waals surface area (Å²) in [5, 5.41) is 6.02. The summed E-state index contributed by atoms with van der Waals surface area (Å²) in [6.07, 6.45) is 1.31. The van der Waals surface area contributed by atoms with Crippen molar-refractivity contribution in [2.24, 2.45) is 0 Å². The smallest absolute Gasteiger partial charge is 0.119 e. The lowest BCUT2D eigenvalue weighted by Gasteiger charge is -2.37. The van der Waals surface area contributed by atoms with Crippen molar-refractivity contribution in [1.29, 1.82) is 0 Å². The molecular weight excluding hydrogens is 298 g/mol. The van der Waals surface area contributed by atoms with Gasteiger partial charge in [0.2, 0.25) is 0 Å². The van der Waals surface area contributed by atoms with Crippen LogP contribution < -0.4 is 10.1 Å². The highest BCUT2D eigenvalue weighted by atomic mass is 16.5. The van der Waals surface area contributed by atoms with Crippen LogP contribution in [0, 0.1) is 0 Å². The molecule has 0 radical (unpaired) electrons. The minimum Gasteiger partial charge on any atom is -0.497 e. The fourth-order valence-corrected chi connectivity index (χ4v) is 3.99. The largest absolute Gasteiger partial charge is 0.497 e. The SMILES string of the molecule is COc1ccc2cc(CN3CCN([C@H]4CCNC4)CC3)ccc2c1. The Hall–Kier alpha value is -1.62. The van der Waals surface area contributed by atoms with E-state index < -0.39 is 0 Å². The van der Waals surface area contributed by atoms with Gasteiger partial charge in [-0.05, 0) is 47.5 Å². The lowest BCUT2D eigenvalue weighted by molar-refractivity contribution is 0.0981. The molecule has 4 nitrogen and oxygen atoms in total. The number of benzene rings is 2. The van der Waals surface area contributed by atoms with Crippen molar-refractivity contribution in [2.75, 3.05) is 46.4 Å². The molecule has 2 aliphatic rings. The Labute approximate surface area is 144 Å². The zero-order valence-electron chi connectivity index (χ0n) is 14.5. The number of ether oxygens (including phenoxy) is 1. The monoisotopic (exact) mass is 325 g/mol. The molecule has 4 heteroatoms. The van der Waals surface area contributed by atoms with E-state index in [1.807, 2.05) is 6.07 Å². The fourth-order valence-electron chi connectivity index (χ4n) is 3.99. The second-order valence-electron chi connectivity index (χ2n) is 7.01. The summed E-state index contributed by atoms with van der Waals surface area (Å²) >= 11 is 0. The lowest BCUT2D eigenvalue weighted by atomic mass is 10.1. The molecule has 4 rings (SSSR count).